The van der Waals surface area contributed by atoms with Gasteiger partial charge in [-0.3, -0.25) is 4.79 Å². The van der Waals surface area contributed by atoms with Crippen LogP contribution in [0.15, 0.2) is 35.9 Å². The van der Waals surface area contributed by atoms with Crippen LogP contribution >= 0.6 is 0 Å². The molecule has 1 rings (SSSR count). The van der Waals surface area contributed by atoms with Gasteiger partial charge in [-0.05, 0) is 23.3 Å². The van der Waals surface area contributed by atoms with E-state index in [1.807, 2.05) is 36.4 Å². The molecule has 0 radical (unpaired) electrons. The summed E-state index contributed by atoms with van der Waals surface area (Å²) in [6.45, 7) is 6.82. The standard InChI is InChI=1S/C13H18OSi/c1-15(2,3)11-13(10-14)9-12-7-5-4-6-8-12/h4-10H,11H2,1-3H3. The van der Waals surface area contributed by atoms with Crippen LogP contribution in [0.4, 0.5) is 0 Å². The van der Waals surface area contributed by atoms with Gasteiger partial charge in [0.2, 0.25) is 0 Å². The summed E-state index contributed by atoms with van der Waals surface area (Å²) in [5.74, 6) is 0. The third-order valence-corrected chi connectivity index (χ3v) is 3.51. The van der Waals surface area contributed by atoms with E-state index in [0.717, 1.165) is 23.5 Å². The van der Waals surface area contributed by atoms with Crippen LogP contribution in [-0.2, 0) is 4.79 Å². The molecule has 2 heteroatoms. The molecule has 1 aromatic carbocycles. The summed E-state index contributed by atoms with van der Waals surface area (Å²) in [4.78, 5) is 10.9. The maximum atomic E-state index is 10.9. The quantitative estimate of drug-likeness (QED) is 0.429. The fourth-order valence-electron chi connectivity index (χ4n) is 1.50. The highest BCUT2D eigenvalue weighted by Gasteiger charge is 2.14. The molecule has 0 unspecified atom stereocenters. The maximum Gasteiger partial charge on any atom is 0.145 e. The van der Waals surface area contributed by atoms with Crippen LogP contribution < -0.4 is 0 Å². The average molecular weight is 218 g/mol. The second-order valence-electron chi connectivity index (χ2n) is 4.99. The normalized spacial score (nSPS) is 12.6. The van der Waals surface area contributed by atoms with E-state index in [0.29, 0.717) is 0 Å². The average Bonchev–Trinajstić information content (AvgIpc) is 2.16. The Hall–Kier alpha value is -1.15. The molecule has 0 amide bonds. The smallest absolute Gasteiger partial charge is 0.145 e. The van der Waals surface area contributed by atoms with Gasteiger partial charge in [0.1, 0.15) is 6.29 Å². The zero-order valence-electron chi connectivity index (χ0n) is 9.66. The zero-order chi connectivity index (χ0) is 11.3. The van der Waals surface area contributed by atoms with Gasteiger partial charge in [-0.25, -0.2) is 0 Å². The molecular weight excluding hydrogens is 200 g/mol. The molecule has 15 heavy (non-hydrogen) atoms. The Balaban J connectivity index is 2.84. The molecule has 0 aliphatic rings. The van der Waals surface area contributed by atoms with Crippen LogP contribution in [0.5, 0.6) is 0 Å². The minimum absolute atomic E-state index is 0.917. The van der Waals surface area contributed by atoms with Crippen molar-refractivity contribution in [2.75, 3.05) is 0 Å². The van der Waals surface area contributed by atoms with Crippen LogP contribution in [0, 0.1) is 0 Å². The molecule has 0 fully saturated rings. The van der Waals surface area contributed by atoms with E-state index in [-0.39, 0.29) is 0 Å². The number of carbonyl (C=O) groups is 1. The lowest BCUT2D eigenvalue weighted by atomic mass is 10.1. The van der Waals surface area contributed by atoms with E-state index in [1.165, 1.54) is 0 Å². The van der Waals surface area contributed by atoms with E-state index in [4.69, 9.17) is 0 Å². The molecule has 0 N–H and O–H groups in total. The largest absolute Gasteiger partial charge is 0.298 e. The van der Waals surface area contributed by atoms with Crippen LogP contribution in [0.3, 0.4) is 0 Å². The highest BCUT2D eigenvalue weighted by Crippen LogP contribution is 2.17. The number of rotatable bonds is 4. The number of benzene rings is 1. The van der Waals surface area contributed by atoms with Crippen LogP contribution in [0.1, 0.15) is 5.56 Å². The number of allylic oxidation sites excluding steroid dienone is 1. The summed E-state index contributed by atoms with van der Waals surface area (Å²) in [6.07, 6.45) is 2.98. The summed E-state index contributed by atoms with van der Waals surface area (Å²) in [5, 5.41) is 0. The Morgan fingerprint density at radius 2 is 1.80 bits per heavy atom. The molecule has 0 atom stereocenters. The number of hydrogen-bond acceptors (Lipinski definition) is 1. The van der Waals surface area contributed by atoms with E-state index >= 15 is 0 Å². The summed E-state index contributed by atoms with van der Waals surface area (Å²) in [7, 11) is -1.19. The lowest BCUT2D eigenvalue weighted by Crippen LogP contribution is -2.20. The Morgan fingerprint density at radius 1 is 1.20 bits per heavy atom. The molecule has 0 saturated carbocycles. The number of hydrogen-bond donors (Lipinski definition) is 0. The zero-order valence-corrected chi connectivity index (χ0v) is 10.7. The van der Waals surface area contributed by atoms with Crippen LogP contribution in [0.2, 0.25) is 25.7 Å². The van der Waals surface area contributed by atoms with E-state index < -0.39 is 8.07 Å². The summed E-state index contributed by atoms with van der Waals surface area (Å²) < 4.78 is 0. The molecule has 0 aromatic heterocycles. The lowest BCUT2D eigenvalue weighted by Gasteiger charge is -2.15. The van der Waals surface area contributed by atoms with Gasteiger partial charge < -0.3 is 0 Å². The van der Waals surface area contributed by atoms with Crippen molar-refractivity contribution in [2.24, 2.45) is 0 Å². The molecular formula is C13H18OSi. The first-order valence-electron chi connectivity index (χ1n) is 5.22. The number of carbonyl (C=O) groups excluding carboxylic acids is 1. The monoisotopic (exact) mass is 218 g/mol. The van der Waals surface area contributed by atoms with Gasteiger partial charge >= 0.3 is 0 Å². The fraction of sp³-hybridized carbons (Fsp3) is 0.308. The van der Waals surface area contributed by atoms with Crippen molar-refractivity contribution >= 4 is 20.4 Å². The minimum atomic E-state index is -1.19. The Kier molecular flexibility index (Phi) is 4.03. The molecule has 0 aliphatic heterocycles. The minimum Gasteiger partial charge on any atom is -0.298 e. The Bertz CT molecular complexity index is 347. The van der Waals surface area contributed by atoms with Gasteiger partial charge in [-0.15, -0.1) is 0 Å². The van der Waals surface area contributed by atoms with Crippen molar-refractivity contribution < 1.29 is 4.79 Å². The lowest BCUT2D eigenvalue weighted by molar-refractivity contribution is -0.104. The fourth-order valence-corrected chi connectivity index (χ4v) is 2.91. The van der Waals surface area contributed by atoms with Crippen molar-refractivity contribution in [1.82, 2.24) is 0 Å². The van der Waals surface area contributed by atoms with Gasteiger partial charge in [0.25, 0.3) is 0 Å². The van der Waals surface area contributed by atoms with Crippen molar-refractivity contribution in [3.8, 4) is 0 Å². The predicted molar refractivity (Wildman–Crippen MR) is 68.6 cm³/mol. The van der Waals surface area contributed by atoms with Gasteiger partial charge in [-0.2, -0.15) is 0 Å². The van der Waals surface area contributed by atoms with Crippen molar-refractivity contribution in [1.29, 1.82) is 0 Å². The molecule has 0 heterocycles. The summed E-state index contributed by atoms with van der Waals surface area (Å²) in [6, 6.07) is 11.0. The SMILES string of the molecule is C[Si](C)(C)CC(C=O)=Cc1ccccc1. The van der Waals surface area contributed by atoms with Crippen LogP contribution in [-0.4, -0.2) is 14.4 Å². The van der Waals surface area contributed by atoms with E-state index in [9.17, 15) is 4.79 Å². The van der Waals surface area contributed by atoms with Crippen LogP contribution in [0.25, 0.3) is 6.08 Å². The summed E-state index contributed by atoms with van der Waals surface area (Å²) >= 11 is 0. The highest BCUT2D eigenvalue weighted by molar-refractivity contribution is 6.77. The number of aldehydes is 1. The third kappa shape index (κ3) is 4.75. The Labute approximate surface area is 92.8 Å². The first-order chi connectivity index (χ1) is 7.01. The summed E-state index contributed by atoms with van der Waals surface area (Å²) in [5.41, 5.74) is 2.03. The molecule has 1 nitrogen and oxygen atoms in total. The topological polar surface area (TPSA) is 17.1 Å². The van der Waals surface area contributed by atoms with Gasteiger partial charge in [-0.1, -0.05) is 50.0 Å². The molecule has 0 aliphatic carbocycles. The maximum absolute atomic E-state index is 10.9. The van der Waals surface area contributed by atoms with Gasteiger partial charge in [0.05, 0.1) is 0 Å². The predicted octanol–water partition coefficient (Wildman–Crippen LogP) is 3.61. The van der Waals surface area contributed by atoms with Gasteiger partial charge in [0, 0.05) is 8.07 Å². The van der Waals surface area contributed by atoms with E-state index in [2.05, 4.69) is 19.6 Å². The Morgan fingerprint density at radius 3 is 2.27 bits per heavy atom. The van der Waals surface area contributed by atoms with Gasteiger partial charge in [0.15, 0.2) is 0 Å². The van der Waals surface area contributed by atoms with E-state index in [1.54, 1.807) is 0 Å². The first-order valence-corrected chi connectivity index (χ1v) is 8.93. The second-order valence-corrected chi connectivity index (χ2v) is 10.5. The molecule has 0 saturated heterocycles. The van der Waals surface area contributed by atoms with Crippen molar-refractivity contribution in [3.63, 3.8) is 0 Å². The third-order valence-electron chi connectivity index (χ3n) is 2.04. The molecule has 0 bridgehead atoms. The van der Waals surface area contributed by atoms with Crippen molar-refractivity contribution in [2.45, 2.75) is 25.7 Å². The second kappa shape index (κ2) is 5.08. The van der Waals surface area contributed by atoms with Crippen molar-refractivity contribution in [3.05, 3.63) is 41.5 Å². The molecule has 1 aromatic rings. The molecule has 0 spiro atoms. The highest BCUT2D eigenvalue weighted by atomic mass is 28.3. The molecule has 80 valence electrons. The first kappa shape index (κ1) is 11.9.